The molecule has 4 nitrogen and oxygen atoms in total. The Labute approximate surface area is 157 Å². The Morgan fingerprint density at radius 1 is 1.04 bits per heavy atom. The maximum absolute atomic E-state index is 14.5. The van der Waals surface area contributed by atoms with Crippen LogP contribution < -0.4 is 4.90 Å². The molecule has 0 bridgehead atoms. The van der Waals surface area contributed by atoms with Gasteiger partial charge in [-0.15, -0.1) is 0 Å². The molecule has 0 aliphatic carbocycles. The molecule has 0 radical (unpaired) electrons. The largest absolute Gasteiger partial charge is 0.503 e. The summed E-state index contributed by atoms with van der Waals surface area (Å²) in [5, 5.41) is 14.3. The standard InChI is InChI=1S/C21H23F2N3O/c1-13-16-12-17(22)20(27)18(23)19(16)26(24-13)15-6-4-14(5-7-15)25-10-8-21(2,3)9-11-25/h4-7,12,27H,8-11H2,1-3H3. The minimum atomic E-state index is -0.993. The van der Waals surface area contributed by atoms with E-state index in [2.05, 4.69) is 23.8 Å². The minimum absolute atomic E-state index is 0.0823. The quantitative estimate of drug-likeness (QED) is 0.693. The summed E-state index contributed by atoms with van der Waals surface area (Å²) in [6, 6.07) is 8.87. The Hall–Kier alpha value is -2.63. The van der Waals surface area contributed by atoms with Gasteiger partial charge in [0.25, 0.3) is 0 Å². The Balaban J connectivity index is 1.70. The number of aryl methyl sites for hydroxylation is 1. The van der Waals surface area contributed by atoms with Crippen molar-refractivity contribution in [3.8, 4) is 11.4 Å². The van der Waals surface area contributed by atoms with Crippen LogP contribution in [0.1, 0.15) is 32.4 Å². The molecule has 3 aromatic rings. The van der Waals surface area contributed by atoms with Crippen molar-refractivity contribution in [2.75, 3.05) is 18.0 Å². The molecular weight excluding hydrogens is 348 g/mol. The molecule has 0 saturated carbocycles. The fourth-order valence-corrected chi connectivity index (χ4v) is 3.70. The number of halogens is 2. The maximum Gasteiger partial charge on any atom is 0.194 e. The van der Waals surface area contributed by atoms with E-state index < -0.39 is 17.4 Å². The molecule has 2 heterocycles. The van der Waals surface area contributed by atoms with Gasteiger partial charge in [-0.2, -0.15) is 5.10 Å². The predicted molar refractivity (Wildman–Crippen MR) is 103 cm³/mol. The first-order chi connectivity index (χ1) is 12.8. The van der Waals surface area contributed by atoms with E-state index in [1.54, 1.807) is 6.92 Å². The molecule has 1 aliphatic heterocycles. The van der Waals surface area contributed by atoms with Gasteiger partial charge < -0.3 is 10.0 Å². The third-order valence-electron chi connectivity index (χ3n) is 5.60. The van der Waals surface area contributed by atoms with Crippen molar-refractivity contribution in [3.05, 3.63) is 47.7 Å². The summed E-state index contributed by atoms with van der Waals surface area (Å²) >= 11 is 0. The number of fused-ring (bicyclic) bond motifs is 1. The van der Waals surface area contributed by atoms with E-state index in [0.717, 1.165) is 37.7 Å². The number of rotatable bonds is 2. The van der Waals surface area contributed by atoms with E-state index in [0.29, 0.717) is 22.2 Å². The van der Waals surface area contributed by atoms with Crippen LogP contribution in [0.5, 0.6) is 5.75 Å². The van der Waals surface area contributed by atoms with Gasteiger partial charge in [0, 0.05) is 24.2 Å². The second-order valence-corrected chi connectivity index (χ2v) is 8.08. The lowest BCUT2D eigenvalue weighted by atomic mass is 9.82. The Morgan fingerprint density at radius 2 is 1.63 bits per heavy atom. The number of nitrogens with zero attached hydrogens (tertiary/aromatic N) is 3. The molecule has 1 aliphatic rings. The summed E-state index contributed by atoms with van der Waals surface area (Å²) in [6.45, 7) is 8.31. The lowest BCUT2D eigenvalue weighted by Gasteiger charge is -2.38. The van der Waals surface area contributed by atoms with Crippen LogP contribution in [0.4, 0.5) is 14.5 Å². The fraction of sp³-hybridized carbons (Fsp3) is 0.381. The van der Waals surface area contributed by atoms with Crippen LogP contribution in [0.2, 0.25) is 0 Å². The number of phenolic OH excluding ortho intramolecular Hbond substituents is 1. The zero-order valence-electron chi connectivity index (χ0n) is 15.8. The van der Waals surface area contributed by atoms with E-state index in [1.165, 1.54) is 4.68 Å². The monoisotopic (exact) mass is 371 g/mol. The lowest BCUT2D eigenvalue weighted by Crippen LogP contribution is -2.37. The highest BCUT2D eigenvalue weighted by atomic mass is 19.1. The van der Waals surface area contributed by atoms with Gasteiger partial charge in [-0.1, -0.05) is 13.8 Å². The van der Waals surface area contributed by atoms with E-state index in [-0.39, 0.29) is 5.52 Å². The van der Waals surface area contributed by atoms with Crippen LogP contribution in [-0.2, 0) is 0 Å². The molecule has 142 valence electrons. The third-order valence-corrected chi connectivity index (χ3v) is 5.60. The van der Waals surface area contributed by atoms with Gasteiger partial charge in [-0.25, -0.2) is 13.5 Å². The number of hydrogen-bond donors (Lipinski definition) is 1. The number of phenols is 1. The SMILES string of the molecule is Cc1nn(-c2ccc(N3CCC(C)(C)CC3)cc2)c2c(F)c(O)c(F)cc12. The van der Waals surface area contributed by atoms with Crippen LogP contribution in [0.25, 0.3) is 16.6 Å². The highest BCUT2D eigenvalue weighted by Crippen LogP contribution is 2.34. The molecule has 0 spiro atoms. The number of hydrogen-bond acceptors (Lipinski definition) is 3. The smallest absolute Gasteiger partial charge is 0.194 e. The maximum atomic E-state index is 14.5. The first-order valence-electron chi connectivity index (χ1n) is 9.18. The Kier molecular flexibility index (Phi) is 4.09. The Morgan fingerprint density at radius 3 is 2.26 bits per heavy atom. The second-order valence-electron chi connectivity index (χ2n) is 8.08. The van der Waals surface area contributed by atoms with Crippen molar-refractivity contribution in [1.82, 2.24) is 9.78 Å². The predicted octanol–water partition coefficient (Wildman–Crippen LogP) is 4.94. The van der Waals surface area contributed by atoms with E-state index in [9.17, 15) is 13.9 Å². The lowest BCUT2D eigenvalue weighted by molar-refractivity contribution is 0.280. The van der Waals surface area contributed by atoms with E-state index in [1.807, 2.05) is 24.3 Å². The third kappa shape index (κ3) is 3.03. The van der Waals surface area contributed by atoms with Gasteiger partial charge in [0.2, 0.25) is 0 Å². The topological polar surface area (TPSA) is 41.3 Å². The number of benzene rings is 2. The van der Waals surface area contributed by atoms with Crippen LogP contribution in [0.3, 0.4) is 0 Å². The summed E-state index contributed by atoms with van der Waals surface area (Å²) in [5.74, 6) is -2.95. The van der Waals surface area contributed by atoms with Crippen molar-refractivity contribution < 1.29 is 13.9 Å². The zero-order valence-corrected chi connectivity index (χ0v) is 15.8. The molecule has 0 unspecified atom stereocenters. The van der Waals surface area contributed by atoms with Gasteiger partial charge in [0.15, 0.2) is 17.4 Å². The summed E-state index contributed by atoms with van der Waals surface area (Å²) < 4.78 is 29.6. The number of anilines is 1. The first kappa shape index (κ1) is 17.8. The highest BCUT2D eigenvalue weighted by Gasteiger charge is 2.25. The van der Waals surface area contributed by atoms with Gasteiger partial charge in [-0.05, 0) is 55.5 Å². The number of piperidine rings is 1. The summed E-state index contributed by atoms with van der Waals surface area (Å²) in [4.78, 5) is 2.35. The minimum Gasteiger partial charge on any atom is -0.503 e. The molecule has 1 N–H and O–H groups in total. The molecule has 0 amide bonds. The van der Waals surface area contributed by atoms with Crippen LogP contribution in [-0.4, -0.2) is 28.0 Å². The van der Waals surface area contributed by atoms with Crippen LogP contribution in [0, 0.1) is 24.0 Å². The average Bonchev–Trinajstić information content (AvgIpc) is 2.97. The van der Waals surface area contributed by atoms with Crippen molar-refractivity contribution in [1.29, 1.82) is 0 Å². The van der Waals surface area contributed by atoms with Crippen molar-refractivity contribution in [3.63, 3.8) is 0 Å². The molecule has 1 fully saturated rings. The van der Waals surface area contributed by atoms with Crippen molar-refractivity contribution in [2.24, 2.45) is 5.41 Å². The molecule has 1 aromatic heterocycles. The number of aromatic nitrogens is 2. The van der Waals surface area contributed by atoms with Crippen LogP contribution in [0.15, 0.2) is 30.3 Å². The van der Waals surface area contributed by atoms with Crippen molar-refractivity contribution in [2.45, 2.75) is 33.6 Å². The molecule has 6 heteroatoms. The summed E-state index contributed by atoms with van der Waals surface area (Å²) in [5.41, 5.74) is 2.76. The van der Waals surface area contributed by atoms with Gasteiger partial charge in [0.05, 0.1) is 11.4 Å². The highest BCUT2D eigenvalue weighted by molar-refractivity contribution is 5.85. The fourth-order valence-electron chi connectivity index (χ4n) is 3.70. The van der Waals surface area contributed by atoms with E-state index in [4.69, 9.17) is 0 Å². The molecule has 27 heavy (non-hydrogen) atoms. The second kappa shape index (κ2) is 6.22. The molecule has 4 rings (SSSR count). The van der Waals surface area contributed by atoms with E-state index >= 15 is 0 Å². The Bertz CT molecular complexity index is 999. The molecule has 1 saturated heterocycles. The first-order valence-corrected chi connectivity index (χ1v) is 9.18. The summed E-state index contributed by atoms with van der Waals surface area (Å²) in [6.07, 6.45) is 2.29. The van der Waals surface area contributed by atoms with Crippen LogP contribution >= 0.6 is 0 Å². The molecular formula is C21H23F2N3O. The zero-order chi connectivity index (χ0) is 19.3. The van der Waals surface area contributed by atoms with Gasteiger partial charge >= 0.3 is 0 Å². The van der Waals surface area contributed by atoms with Gasteiger partial charge in [0.1, 0.15) is 5.52 Å². The molecule has 0 atom stereocenters. The summed E-state index contributed by atoms with van der Waals surface area (Å²) in [7, 11) is 0. The molecule has 2 aromatic carbocycles. The van der Waals surface area contributed by atoms with Crippen molar-refractivity contribution >= 4 is 16.6 Å². The number of aromatic hydroxyl groups is 1. The van der Waals surface area contributed by atoms with Gasteiger partial charge in [-0.3, -0.25) is 0 Å². The average molecular weight is 371 g/mol. The normalized spacial score (nSPS) is 16.9.